The number of nitrogens with zero attached hydrogens (tertiary/aromatic N) is 1. The van der Waals surface area contributed by atoms with Crippen molar-refractivity contribution >= 4 is 51.7 Å². The molecule has 0 aliphatic heterocycles. The first kappa shape index (κ1) is 18.4. The maximum atomic E-state index is 10.6. The van der Waals surface area contributed by atoms with Crippen molar-refractivity contribution in [2.24, 2.45) is 0 Å². The van der Waals surface area contributed by atoms with Gasteiger partial charge in [-0.2, -0.15) is 0 Å². The molecular formula is C15H15N5O3S2. The number of hydrogen-bond donors (Lipinski definition) is 4. The van der Waals surface area contributed by atoms with Gasteiger partial charge in [0.15, 0.2) is 10.2 Å². The van der Waals surface area contributed by atoms with E-state index in [2.05, 4.69) is 21.5 Å². The number of nitro groups is 1. The molecule has 2 rings (SSSR count). The second kappa shape index (κ2) is 8.76. The van der Waals surface area contributed by atoms with Crippen molar-refractivity contribution in [2.45, 2.75) is 0 Å². The van der Waals surface area contributed by atoms with E-state index in [1.54, 1.807) is 25.3 Å². The second-order valence-corrected chi connectivity index (χ2v) is 5.48. The Morgan fingerprint density at radius 1 is 1.00 bits per heavy atom. The van der Waals surface area contributed by atoms with Crippen LogP contribution >= 0.6 is 24.4 Å². The number of benzene rings is 2. The lowest BCUT2D eigenvalue weighted by Gasteiger charge is -2.15. The van der Waals surface area contributed by atoms with E-state index in [0.717, 1.165) is 0 Å². The number of para-hydroxylation sites is 2. The lowest BCUT2D eigenvalue weighted by molar-refractivity contribution is -0.384. The van der Waals surface area contributed by atoms with Gasteiger partial charge in [-0.05, 0) is 48.7 Å². The minimum atomic E-state index is -0.468. The molecule has 130 valence electrons. The van der Waals surface area contributed by atoms with Crippen LogP contribution in [0.3, 0.4) is 0 Å². The summed E-state index contributed by atoms with van der Waals surface area (Å²) in [4.78, 5) is 10.1. The van der Waals surface area contributed by atoms with Crippen molar-refractivity contribution in [3.8, 4) is 5.75 Å². The first-order valence-electron chi connectivity index (χ1n) is 7.01. The largest absolute Gasteiger partial charge is 0.495 e. The highest BCUT2D eigenvalue weighted by atomic mass is 32.1. The van der Waals surface area contributed by atoms with Gasteiger partial charge < -0.3 is 15.4 Å². The van der Waals surface area contributed by atoms with E-state index in [4.69, 9.17) is 29.2 Å². The number of anilines is 2. The second-order valence-electron chi connectivity index (χ2n) is 4.66. The summed E-state index contributed by atoms with van der Waals surface area (Å²) >= 11 is 10.3. The van der Waals surface area contributed by atoms with Crippen LogP contribution in [0.25, 0.3) is 0 Å². The van der Waals surface area contributed by atoms with E-state index >= 15 is 0 Å². The van der Waals surface area contributed by atoms with E-state index in [-0.39, 0.29) is 15.9 Å². The molecule has 0 spiro atoms. The van der Waals surface area contributed by atoms with Gasteiger partial charge in [-0.15, -0.1) is 0 Å². The number of hydrazine groups is 1. The van der Waals surface area contributed by atoms with E-state index in [1.807, 2.05) is 18.2 Å². The Hall–Kier alpha value is -2.98. The molecule has 10 heteroatoms. The quantitative estimate of drug-likeness (QED) is 0.364. The van der Waals surface area contributed by atoms with E-state index in [0.29, 0.717) is 17.1 Å². The fourth-order valence-corrected chi connectivity index (χ4v) is 2.17. The third-order valence-corrected chi connectivity index (χ3v) is 3.39. The first-order chi connectivity index (χ1) is 12.0. The summed E-state index contributed by atoms with van der Waals surface area (Å²) in [5.41, 5.74) is 6.77. The molecule has 25 heavy (non-hydrogen) atoms. The first-order valence-corrected chi connectivity index (χ1v) is 7.82. The molecule has 0 fully saturated rings. The number of hydrogen-bond acceptors (Lipinski definition) is 5. The van der Waals surface area contributed by atoms with Crippen LogP contribution in [0.4, 0.5) is 17.1 Å². The SMILES string of the molecule is COc1ccccc1NC(=S)NNC(=S)Nc1ccc([N+](=O)[O-])cc1. The highest BCUT2D eigenvalue weighted by Crippen LogP contribution is 2.22. The van der Waals surface area contributed by atoms with Crippen molar-refractivity contribution < 1.29 is 9.66 Å². The molecule has 2 aromatic rings. The number of non-ortho nitro benzene ring substituents is 1. The predicted octanol–water partition coefficient (Wildman–Crippen LogP) is 2.79. The van der Waals surface area contributed by atoms with Gasteiger partial charge in [0, 0.05) is 17.8 Å². The van der Waals surface area contributed by atoms with Crippen molar-refractivity contribution in [2.75, 3.05) is 17.7 Å². The molecule has 4 N–H and O–H groups in total. The Balaban J connectivity index is 1.83. The lowest BCUT2D eigenvalue weighted by atomic mass is 10.3. The van der Waals surface area contributed by atoms with Gasteiger partial charge in [-0.25, -0.2) is 0 Å². The molecule has 0 saturated heterocycles. The Morgan fingerprint density at radius 3 is 2.20 bits per heavy atom. The molecule has 0 aromatic heterocycles. The van der Waals surface area contributed by atoms with Crippen LogP contribution in [0.2, 0.25) is 0 Å². The molecule has 0 radical (unpaired) electrons. The molecule has 0 saturated carbocycles. The zero-order valence-electron chi connectivity index (χ0n) is 13.1. The average Bonchev–Trinajstić information content (AvgIpc) is 2.61. The van der Waals surface area contributed by atoms with Crippen LogP contribution in [0.1, 0.15) is 0 Å². The maximum absolute atomic E-state index is 10.6. The minimum Gasteiger partial charge on any atom is -0.495 e. The predicted molar refractivity (Wildman–Crippen MR) is 105 cm³/mol. The number of rotatable bonds is 4. The van der Waals surface area contributed by atoms with Gasteiger partial charge in [-0.1, -0.05) is 12.1 Å². The van der Waals surface area contributed by atoms with Gasteiger partial charge in [-0.3, -0.25) is 21.0 Å². The summed E-state index contributed by atoms with van der Waals surface area (Å²) in [7, 11) is 1.57. The molecular weight excluding hydrogens is 362 g/mol. The fraction of sp³-hybridized carbons (Fsp3) is 0.0667. The average molecular weight is 377 g/mol. The molecule has 0 bridgehead atoms. The van der Waals surface area contributed by atoms with Crippen LogP contribution in [0.15, 0.2) is 48.5 Å². The summed E-state index contributed by atoms with van der Waals surface area (Å²) in [5, 5.41) is 17.0. The van der Waals surface area contributed by atoms with Crippen molar-refractivity contribution in [1.82, 2.24) is 10.9 Å². The zero-order valence-corrected chi connectivity index (χ0v) is 14.7. The van der Waals surface area contributed by atoms with E-state index in [9.17, 15) is 10.1 Å². The van der Waals surface area contributed by atoms with E-state index < -0.39 is 4.92 Å². The van der Waals surface area contributed by atoms with Crippen molar-refractivity contribution in [1.29, 1.82) is 0 Å². The maximum Gasteiger partial charge on any atom is 0.269 e. The molecule has 0 aliphatic carbocycles. The monoisotopic (exact) mass is 377 g/mol. The Bertz CT molecular complexity index is 783. The van der Waals surface area contributed by atoms with Crippen LogP contribution < -0.4 is 26.2 Å². The number of nitrogens with one attached hydrogen (secondary N) is 4. The molecule has 2 aromatic carbocycles. The Labute approximate surface area is 154 Å². The van der Waals surface area contributed by atoms with Crippen molar-refractivity contribution in [3.05, 3.63) is 58.6 Å². The highest BCUT2D eigenvalue weighted by Gasteiger charge is 2.06. The molecule has 0 heterocycles. The molecule has 0 unspecified atom stereocenters. The lowest BCUT2D eigenvalue weighted by Crippen LogP contribution is -2.45. The summed E-state index contributed by atoms with van der Waals surface area (Å²) < 4.78 is 5.22. The number of methoxy groups -OCH3 is 1. The molecule has 0 atom stereocenters. The van der Waals surface area contributed by atoms with Gasteiger partial charge in [0.2, 0.25) is 0 Å². The smallest absolute Gasteiger partial charge is 0.269 e. The normalized spacial score (nSPS) is 9.64. The Kier molecular flexibility index (Phi) is 6.43. The van der Waals surface area contributed by atoms with Gasteiger partial charge in [0.05, 0.1) is 17.7 Å². The molecule has 0 amide bonds. The topological polar surface area (TPSA) is 100 Å². The number of ether oxygens (including phenoxy) is 1. The van der Waals surface area contributed by atoms with Crippen LogP contribution in [0.5, 0.6) is 5.75 Å². The molecule has 0 aliphatic rings. The fourth-order valence-electron chi connectivity index (χ4n) is 1.84. The number of thiocarbonyl (C=S) groups is 2. The van der Waals surface area contributed by atoms with Gasteiger partial charge in [0.1, 0.15) is 5.75 Å². The molecule has 8 nitrogen and oxygen atoms in total. The van der Waals surface area contributed by atoms with Crippen LogP contribution in [-0.4, -0.2) is 22.3 Å². The van der Waals surface area contributed by atoms with Gasteiger partial charge in [0.25, 0.3) is 5.69 Å². The van der Waals surface area contributed by atoms with Crippen molar-refractivity contribution in [3.63, 3.8) is 0 Å². The minimum absolute atomic E-state index is 0.00439. The summed E-state index contributed by atoms with van der Waals surface area (Å²) in [6.45, 7) is 0. The number of nitro benzene ring substituents is 1. The van der Waals surface area contributed by atoms with Crippen LogP contribution in [0, 0.1) is 10.1 Å². The zero-order chi connectivity index (χ0) is 18.2. The third-order valence-electron chi connectivity index (χ3n) is 2.98. The Morgan fingerprint density at radius 2 is 1.60 bits per heavy atom. The summed E-state index contributed by atoms with van der Waals surface area (Å²) in [6, 6.07) is 13.2. The third kappa shape index (κ3) is 5.55. The van der Waals surface area contributed by atoms with E-state index in [1.165, 1.54) is 12.1 Å². The van der Waals surface area contributed by atoms with Crippen LogP contribution in [-0.2, 0) is 0 Å². The standard InChI is InChI=1S/C15H15N5O3S2/c1-23-13-5-3-2-4-12(13)17-15(25)19-18-14(24)16-10-6-8-11(9-7-10)20(21)22/h2-9H,1H3,(H2,16,18,24)(H2,17,19,25). The summed E-state index contributed by atoms with van der Waals surface area (Å²) in [5.74, 6) is 0.651. The van der Waals surface area contributed by atoms with Gasteiger partial charge >= 0.3 is 0 Å². The summed E-state index contributed by atoms with van der Waals surface area (Å²) in [6.07, 6.45) is 0. The highest BCUT2D eigenvalue weighted by molar-refractivity contribution is 7.81.